The molecule has 2 N–H and O–H groups in total. The van der Waals surface area contributed by atoms with Crippen LogP contribution < -0.4 is 11.3 Å². The number of hydrogen-bond acceptors (Lipinski definition) is 5. The smallest absolute Gasteiger partial charge is 0.267 e. The molecule has 0 aliphatic carbocycles. The topological polar surface area (TPSA) is 95.8 Å². The minimum absolute atomic E-state index is 0.0148. The highest BCUT2D eigenvalue weighted by atomic mass is 16.1. The molecule has 168 valence electrons. The molecule has 0 bridgehead atoms. The molecule has 5 rings (SSSR count). The normalized spacial score (nSPS) is 11.1. The summed E-state index contributed by atoms with van der Waals surface area (Å²) >= 11 is 0. The van der Waals surface area contributed by atoms with Gasteiger partial charge in [-0.25, -0.2) is 9.67 Å². The molecule has 3 aromatic carbocycles. The Balaban J connectivity index is 1.45. The molecule has 0 fully saturated rings. The van der Waals surface area contributed by atoms with Crippen molar-refractivity contribution in [1.29, 1.82) is 0 Å². The van der Waals surface area contributed by atoms with Gasteiger partial charge in [-0.2, -0.15) is 5.10 Å². The Bertz CT molecular complexity index is 1580. The van der Waals surface area contributed by atoms with E-state index in [0.29, 0.717) is 23.8 Å². The summed E-state index contributed by atoms with van der Waals surface area (Å²) in [6, 6.07) is 26.4. The lowest BCUT2D eigenvalue weighted by Gasteiger charge is -2.10. The molecule has 2 aromatic heterocycles. The number of hydrogen-bond donors (Lipinski definition) is 1. The van der Waals surface area contributed by atoms with Crippen molar-refractivity contribution in [1.82, 2.24) is 19.3 Å². The third kappa shape index (κ3) is 4.23. The van der Waals surface area contributed by atoms with Gasteiger partial charge >= 0.3 is 0 Å². The Labute approximate surface area is 196 Å². The van der Waals surface area contributed by atoms with Crippen LogP contribution in [-0.2, 0) is 13.1 Å². The molecule has 5 aromatic rings. The fourth-order valence-electron chi connectivity index (χ4n) is 4.05. The van der Waals surface area contributed by atoms with Gasteiger partial charge in [0.2, 0.25) is 5.95 Å². The van der Waals surface area contributed by atoms with Gasteiger partial charge in [-0.05, 0) is 48.4 Å². The molecule has 0 atom stereocenters. The van der Waals surface area contributed by atoms with Crippen molar-refractivity contribution in [2.24, 2.45) is 0 Å². The van der Waals surface area contributed by atoms with Gasteiger partial charge in [0.25, 0.3) is 5.56 Å². The molecule has 34 heavy (non-hydrogen) atoms. The van der Waals surface area contributed by atoms with E-state index < -0.39 is 0 Å². The summed E-state index contributed by atoms with van der Waals surface area (Å²) in [6.45, 7) is 2.38. The third-order valence-corrected chi connectivity index (χ3v) is 5.78. The predicted octanol–water partition coefficient (Wildman–Crippen LogP) is 4.14. The molecule has 0 saturated heterocycles. The highest BCUT2D eigenvalue weighted by Gasteiger charge is 2.10. The number of nitrogens with zero attached hydrogens (tertiary/aromatic N) is 4. The standard InChI is InChI=1S/C27H23N5O2/c1-18(33)21-8-4-7-20(14-21)17-32-26(34)13-12-23(30-32)22-9-5-6-19(15-22)16-31-25-11-3-2-10-24(25)29-27(31)28/h2-15H,16-17H2,1H3,(H2,28,29). The van der Waals surface area contributed by atoms with Crippen LogP contribution in [0.1, 0.15) is 28.4 Å². The Morgan fingerprint density at radius 3 is 2.47 bits per heavy atom. The summed E-state index contributed by atoms with van der Waals surface area (Å²) in [4.78, 5) is 28.6. The Morgan fingerprint density at radius 2 is 1.65 bits per heavy atom. The van der Waals surface area contributed by atoms with Gasteiger partial charge in [0.15, 0.2) is 5.78 Å². The largest absolute Gasteiger partial charge is 0.369 e. The van der Waals surface area contributed by atoms with Crippen molar-refractivity contribution >= 4 is 22.8 Å². The number of imidazole rings is 1. The first kappa shape index (κ1) is 21.3. The third-order valence-electron chi connectivity index (χ3n) is 5.78. The summed E-state index contributed by atoms with van der Waals surface area (Å²) in [5, 5.41) is 4.59. The molecular formula is C27H23N5O2. The zero-order chi connectivity index (χ0) is 23.7. The molecule has 0 aliphatic heterocycles. The predicted molar refractivity (Wildman–Crippen MR) is 133 cm³/mol. The monoisotopic (exact) mass is 449 g/mol. The van der Waals surface area contributed by atoms with Crippen molar-refractivity contribution in [3.63, 3.8) is 0 Å². The zero-order valence-electron chi connectivity index (χ0n) is 18.7. The van der Waals surface area contributed by atoms with Gasteiger partial charge < -0.3 is 10.3 Å². The second kappa shape index (κ2) is 8.78. The van der Waals surface area contributed by atoms with Crippen molar-refractivity contribution in [3.8, 4) is 11.3 Å². The van der Waals surface area contributed by atoms with E-state index in [-0.39, 0.29) is 17.9 Å². The second-order valence-corrected chi connectivity index (χ2v) is 8.22. The van der Waals surface area contributed by atoms with Gasteiger partial charge in [0.05, 0.1) is 29.8 Å². The molecule has 0 aliphatic rings. The molecule has 7 nitrogen and oxygen atoms in total. The maximum atomic E-state index is 12.5. The van der Waals surface area contributed by atoms with Crippen molar-refractivity contribution in [2.75, 3.05) is 5.73 Å². The van der Waals surface area contributed by atoms with Crippen LogP contribution in [0, 0.1) is 0 Å². The zero-order valence-corrected chi connectivity index (χ0v) is 18.7. The molecular weight excluding hydrogens is 426 g/mol. The number of anilines is 1. The van der Waals surface area contributed by atoms with E-state index in [4.69, 9.17) is 5.73 Å². The van der Waals surface area contributed by atoms with Crippen LogP contribution in [0.4, 0.5) is 5.95 Å². The van der Waals surface area contributed by atoms with Crippen LogP contribution in [0.5, 0.6) is 0 Å². The van der Waals surface area contributed by atoms with E-state index in [1.807, 2.05) is 65.2 Å². The van der Waals surface area contributed by atoms with E-state index in [0.717, 1.165) is 27.7 Å². The number of rotatable bonds is 6. The maximum absolute atomic E-state index is 12.5. The average Bonchev–Trinajstić information content (AvgIpc) is 3.16. The molecule has 0 amide bonds. The number of nitrogens with two attached hydrogens (primary N) is 1. The summed E-state index contributed by atoms with van der Waals surface area (Å²) in [5.41, 5.74) is 11.9. The van der Waals surface area contributed by atoms with Crippen LogP contribution in [0.15, 0.2) is 89.7 Å². The molecule has 0 unspecified atom stereocenters. The summed E-state index contributed by atoms with van der Waals surface area (Å²) in [5.74, 6) is 0.449. The molecule has 0 saturated carbocycles. The highest BCUT2D eigenvalue weighted by Crippen LogP contribution is 2.22. The molecule has 0 spiro atoms. The number of fused-ring (bicyclic) bond motifs is 1. The van der Waals surface area contributed by atoms with E-state index in [1.165, 1.54) is 17.7 Å². The minimum Gasteiger partial charge on any atom is -0.369 e. The lowest BCUT2D eigenvalue weighted by molar-refractivity contribution is 0.101. The highest BCUT2D eigenvalue weighted by molar-refractivity contribution is 5.94. The van der Waals surface area contributed by atoms with Crippen LogP contribution in [0.25, 0.3) is 22.3 Å². The van der Waals surface area contributed by atoms with Gasteiger partial charge in [-0.3, -0.25) is 9.59 Å². The second-order valence-electron chi connectivity index (χ2n) is 8.22. The lowest BCUT2D eigenvalue weighted by atomic mass is 10.1. The van der Waals surface area contributed by atoms with Crippen LogP contribution in [0.2, 0.25) is 0 Å². The first-order valence-corrected chi connectivity index (χ1v) is 11.0. The first-order chi connectivity index (χ1) is 16.5. The van der Waals surface area contributed by atoms with E-state index in [1.54, 1.807) is 18.2 Å². The average molecular weight is 450 g/mol. The lowest BCUT2D eigenvalue weighted by Crippen LogP contribution is -2.23. The molecule has 7 heteroatoms. The van der Waals surface area contributed by atoms with Gasteiger partial charge in [-0.15, -0.1) is 0 Å². The van der Waals surface area contributed by atoms with Crippen LogP contribution in [-0.4, -0.2) is 25.1 Å². The molecule has 2 heterocycles. The molecule has 0 radical (unpaired) electrons. The number of benzene rings is 3. The Morgan fingerprint density at radius 1 is 0.882 bits per heavy atom. The van der Waals surface area contributed by atoms with Crippen molar-refractivity contribution in [3.05, 3.63) is 112 Å². The minimum atomic E-state index is -0.203. The SMILES string of the molecule is CC(=O)c1cccc(Cn2nc(-c3cccc(Cn4c(N)nc5ccccc54)c3)ccc2=O)c1. The summed E-state index contributed by atoms with van der Waals surface area (Å²) in [6.07, 6.45) is 0. The first-order valence-electron chi connectivity index (χ1n) is 11.0. The maximum Gasteiger partial charge on any atom is 0.267 e. The van der Waals surface area contributed by atoms with Crippen molar-refractivity contribution < 1.29 is 4.79 Å². The van der Waals surface area contributed by atoms with E-state index in [9.17, 15) is 9.59 Å². The number of carbonyl (C=O) groups excluding carboxylic acids is 1. The number of nitrogen functional groups attached to an aromatic ring is 1. The number of ketones is 1. The fourth-order valence-corrected chi connectivity index (χ4v) is 4.05. The van der Waals surface area contributed by atoms with Crippen LogP contribution in [0.3, 0.4) is 0 Å². The Hall–Kier alpha value is -4.52. The number of carbonyl (C=O) groups is 1. The van der Waals surface area contributed by atoms with Gasteiger partial charge in [0, 0.05) is 17.2 Å². The van der Waals surface area contributed by atoms with Crippen molar-refractivity contribution in [2.45, 2.75) is 20.0 Å². The van der Waals surface area contributed by atoms with E-state index in [2.05, 4.69) is 10.1 Å². The Kier molecular flexibility index (Phi) is 5.51. The quantitative estimate of drug-likeness (QED) is 0.393. The number of para-hydroxylation sites is 2. The summed E-state index contributed by atoms with van der Waals surface area (Å²) < 4.78 is 3.40. The number of aromatic nitrogens is 4. The van der Waals surface area contributed by atoms with Crippen LogP contribution >= 0.6 is 0 Å². The number of Topliss-reactive ketones (excluding diaryl/α,β-unsaturated/α-hetero) is 1. The summed E-state index contributed by atoms with van der Waals surface area (Å²) in [7, 11) is 0. The van der Waals surface area contributed by atoms with Gasteiger partial charge in [0.1, 0.15) is 0 Å². The van der Waals surface area contributed by atoms with Gasteiger partial charge in [-0.1, -0.05) is 48.5 Å². The fraction of sp³-hybridized carbons (Fsp3) is 0.111. The van der Waals surface area contributed by atoms with E-state index >= 15 is 0 Å².